The Labute approximate surface area is 195 Å². The second-order valence-electron chi connectivity index (χ2n) is 7.28. The van der Waals surface area contributed by atoms with E-state index in [-0.39, 0.29) is 35.6 Å². The molecule has 2 aromatic rings. The Morgan fingerprint density at radius 1 is 0.733 bits per heavy atom. The van der Waals surface area contributed by atoms with Crippen molar-refractivity contribution >= 4 is 58.3 Å². The number of ether oxygens (including phenoxy) is 2. The van der Waals surface area contributed by atoms with Crippen LogP contribution in [-0.4, -0.2) is 26.2 Å². The van der Waals surface area contributed by atoms with Crippen LogP contribution in [0.15, 0.2) is 36.4 Å². The zero-order valence-corrected chi connectivity index (χ0v) is 19.4. The molecule has 4 unspecified atom stereocenters. The van der Waals surface area contributed by atoms with E-state index in [0.29, 0.717) is 20.1 Å². The third-order valence-electron chi connectivity index (χ3n) is 5.31. The summed E-state index contributed by atoms with van der Waals surface area (Å²) in [5.41, 5.74) is 1.97. The molecule has 0 saturated heterocycles. The lowest BCUT2D eigenvalue weighted by atomic mass is 10.1. The van der Waals surface area contributed by atoms with Crippen LogP contribution in [0.2, 0.25) is 20.1 Å². The van der Waals surface area contributed by atoms with Crippen molar-refractivity contribution in [2.24, 2.45) is 11.8 Å². The Morgan fingerprint density at radius 2 is 1.10 bits per heavy atom. The number of carbonyl (C=O) groups excluding carboxylic acids is 2. The number of halogens is 4. The normalized spacial score (nSPS) is 23.7. The molecule has 0 radical (unpaired) electrons. The van der Waals surface area contributed by atoms with Crippen LogP contribution < -0.4 is 0 Å². The third kappa shape index (κ3) is 5.42. The number of methoxy groups -OCH3 is 2. The van der Waals surface area contributed by atoms with Crippen LogP contribution in [0.5, 0.6) is 0 Å². The van der Waals surface area contributed by atoms with Gasteiger partial charge in [-0.25, -0.2) is 0 Å². The van der Waals surface area contributed by atoms with E-state index in [1.807, 2.05) is 12.1 Å². The van der Waals surface area contributed by atoms with Crippen molar-refractivity contribution in [2.75, 3.05) is 14.2 Å². The highest BCUT2D eigenvalue weighted by molar-refractivity contribution is 6.35. The van der Waals surface area contributed by atoms with Crippen molar-refractivity contribution in [1.82, 2.24) is 0 Å². The summed E-state index contributed by atoms with van der Waals surface area (Å²) in [5.74, 6) is 0.00353. The minimum Gasteiger partial charge on any atom is -0.469 e. The summed E-state index contributed by atoms with van der Waals surface area (Å²) in [6, 6.07) is 10.7. The van der Waals surface area contributed by atoms with Crippen molar-refractivity contribution in [1.29, 1.82) is 0 Å². The maximum absolute atomic E-state index is 11.2. The van der Waals surface area contributed by atoms with E-state index >= 15 is 0 Å². The molecule has 8 heteroatoms. The molecule has 160 valence electrons. The summed E-state index contributed by atoms with van der Waals surface area (Å²) in [5, 5.41) is 2.47. The molecule has 2 saturated carbocycles. The standard InChI is InChI=1S/2C11H10Cl2O2/c2*1-15-11(14)9-5-8(9)7-3-2-6(12)4-10(7)13/h2*2-4,8-9H,5H2,1H3. The average molecular weight is 490 g/mol. The lowest BCUT2D eigenvalue weighted by Crippen LogP contribution is -2.03. The SMILES string of the molecule is COC(=O)C1CC1c1ccc(Cl)cc1Cl.COC(=O)C1CC1c1ccc(Cl)cc1Cl. The molecular weight excluding hydrogens is 470 g/mol. The van der Waals surface area contributed by atoms with Crippen molar-refractivity contribution < 1.29 is 19.1 Å². The van der Waals surface area contributed by atoms with Gasteiger partial charge in [0.2, 0.25) is 0 Å². The minimum atomic E-state index is -0.161. The van der Waals surface area contributed by atoms with Crippen molar-refractivity contribution in [2.45, 2.75) is 24.7 Å². The van der Waals surface area contributed by atoms with Gasteiger partial charge in [0.1, 0.15) is 0 Å². The zero-order valence-electron chi connectivity index (χ0n) is 16.3. The molecule has 0 aliphatic heterocycles. The number of esters is 2. The molecule has 4 rings (SSSR count). The highest BCUT2D eigenvalue weighted by Gasteiger charge is 2.46. The second kappa shape index (κ2) is 9.78. The van der Waals surface area contributed by atoms with E-state index < -0.39 is 0 Å². The molecule has 2 aromatic carbocycles. The topological polar surface area (TPSA) is 52.6 Å². The van der Waals surface area contributed by atoms with Gasteiger partial charge in [0.25, 0.3) is 0 Å². The maximum Gasteiger partial charge on any atom is 0.309 e. The first-order valence-corrected chi connectivity index (χ1v) is 10.8. The third-order valence-corrected chi connectivity index (χ3v) is 6.44. The Bertz CT molecular complexity index is 885. The fourth-order valence-electron chi connectivity index (χ4n) is 3.51. The lowest BCUT2D eigenvalue weighted by molar-refractivity contribution is -0.143. The molecule has 0 N–H and O–H groups in total. The molecule has 2 fully saturated rings. The van der Waals surface area contributed by atoms with Gasteiger partial charge in [-0.05, 0) is 60.1 Å². The fourth-order valence-corrected chi connectivity index (χ4v) is 4.60. The first-order chi connectivity index (χ1) is 14.3. The lowest BCUT2D eigenvalue weighted by Gasteiger charge is -2.03. The largest absolute Gasteiger partial charge is 0.469 e. The predicted molar refractivity (Wildman–Crippen MR) is 119 cm³/mol. The summed E-state index contributed by atoms with van der Waals surface area (Å²) in [6.45, 7) is 0. The fraction of sp³-hybridized carbons (Fsp3) is 0.364. The number of hydrogen-bond donors (Lipinski definition) is 0. The number of rotatable bonds is 4. The van der Waals surface area contributed by atoms with Crippen LogP contribution in [0, 0.1) is 11.8 Å². The molecule has 0 spiro atoms. The van der Waals surface area contributed by atoms with E-state index in [9.17, 15) is 9.59 Å². The predicted octanol–water partition coefficient (Wildman–Crippen LogP) is 6.54. The summed E-state index contributed by atoms with van der Waals surface area (Å²) < 4.78 is 9.36. The Kier molecular flexibility index (Phi) is 7.56. The Hall–Kier alpha value is -1.46. The summed E-state index contributed by atoms with van der Waals surface area (Å²) in [4.78, 5) is 22.5. The van der Waals surface area contributed by atoms with Crippen LogP contribution in [-0.2, 0) is 19.1 Å². The van der Waals surface area contributed by atoms with Crippen LogP contribution >= 0.6 is 46.4 Å². The van der Waals surface area contributed by atoms with E-state index in [2.05, 4.69) is 9.47 Å². The quantitative estimate of drug-likeness (QED) is 0.457. The minimum absolute atomic E-state index is 0.0336. The molecule has 0 amide bonds. The van der Waals surface area contributed by atoms with E-state index in [0.717, 1.165) is 24.0 Å². The van der Waals surface area contributed by atoms with Crippen LogP contribution in [0.4, 0.5) is 0 Å². The Balaban J connectivity index is 0.000000171. The van der Waals surface area contributed by atoms with Gasteiger partial charge in [0, 0.05) is 20.1 Å². The Morgan fingerprint density at radius 3 is 1.40 bits per heavy atom. The first-order valence-electron chi connectivity index (χ1n) is 9.32. The second-order valence-corrected chi connectivity index (χ2v) is 8.96. The molecule has 4 nitrogen and oxygen atoms in total. The van der Waals surface area contributed by atoms with Gasteiger partial charge in [-0.1, -0.05) is 58.5 Å². The van der Waals surface area contributed by atoms with E-state index in [4.69, 9.17) is 46.4 Å². The van der Waals surface area contributed by atoms with Gasteiger partial charge < -0.3 is 9.47 Å². The first kappa shape index (κ1) is 23.2. The van der Waals surface area contributed by atoms with Gasteiger partial charge in [0.15, 0.2) is 0 Å². The summed E-state index contributed by atoms with van der Waals surface area (Å²) >= 11 is 23.7. The maximum atomic E-state index is 11.2. The van der Waals surface area contributed by atoms with Crippen LogP contribution in [0.1, 0.15) is 35.8 Å². The molecule has 4 atom stereocenters. The van der Waals surface area contributed by atoms with Gasteiger partial charge >= 0.3 is 11.9 Å². The molecule has 30 heavy (non-hydrogen) atoms. The smallest absolute Gasteiger partial charge is 0.309 e. The molecule has 0 aromatic heterocycles. The average Bonchev–Trinajstić information content (AvgIpc) is 3.62. The van der Waals surface area contributed by atoms with E-state index in [1.165, 1.54) is 14.2 Å². The molecular formula is C22H20Cl4O4. The summed E-state index contributed by atoms with van der Waals surface area (Å²) in [6.07, 6.45) is 1.63. The number of hydrogen-bond acceptors (Lipinski definition) is 4. The van der Waals surface area contributed by atoms with Gasteiger partial charge in [-0.2, -0.15) is 0 Å². The van der Waals surface area contributed by atoms with Crippen LogP contribution in [0.3, 0.4) is 0 Å². The number of carbonyl (C=O) groups is 2. The monoisotopic (exact) mass is 488 g/mol. The number of benzene rings is 2. The van der Waals surface area contributed by atoms with Gasteiger partial charge in [-0.15, -0.1) is 0 Å². The van der Waals surface area contributed by atoms with Gasteiger partial charge in [0.05, 0.1) is 26.1 Å². The zero-order chi connectivity index (χ0) is 22.0. The highest BCUT2D eigenvalue weighted by atomic mass is 35.5. The van der Waals surface area contributed by atoms with Crippen molar-refractivity contribution in [3.05, 3.63) is 67.6 Å². The summed E-state index contributed by atoms with van der Waals surface area (Å²) in [7, 11) is 2.81. The van der Waals surface area contributed by atoms with E-state index in [1.54, 1.807) is 24.3 Å². The molecule has 2 aliphatic carbocycles. The molecule has 0 heterocycles. The van der Waals surface area contributed by atoms with Crippen molar-refractivity contribution in [3.8, 4) is 0 Å². The van der Waals surface area contributed by atoms with Crippen molar-refractivity contribution in [3.63, 3.8) is 0 Å². The van der Waals surface area contributed by atoms with Gasteiger partial charge in [-0.3, -0.25) is 9.59 Å². The van der Waals surface area contributed by atoms with Crippen LogP contribution in [0.25, 0.3) is 0 Å². The highest BCUT2D eigenvalue weighted by Crippen LogP contribution is 2.51. The molecule has 2 aliphatic rings. The molecule has 0 bridgehead atoms.